The molecule has 1 N–H and O–H groups in total. The summed E-state index contributed by atoms with van der Waals surface area (Å²) >= 11 is 3.50. The minimum atomic E-state index is -0.0912. The molecule has 2 rings (SSSR count). The molecule has 0 saturated heterocycles. The maximum absolute atomic E-state index is 11.1. The van der Waals surface area contributed by atoms with Crippen molar-refractivity contribution in [3.63, 3.8) is 0 Å². The van der Waals surface area contributed by atoms with E-state index in [1.807, 2.05) is 18.2 Å². The zero-order valence-corrected chi connectivity index (χ0v) is 10.0. The van der Waals surface area contributed by atoms with Gasteiger partial charge in [0.2, 0.25) is 0 Å². The fourth-order valence-corrected chi connectivity index (χ4v) is 1.96. The van der Waals surface area contributed by atoms with Crippen LogP contribution in [0.3, 0.4) is 0 Å². The number of halogens is 1. The average Bonchev–Trinajstić information content (AvgIpc) is 2.16. The molecule has 1 aromatic carbocycles. The monoisotopic (exact) mass is 269 g/mol. The number of benzene rings is 1. The number of alkyl halides is 1. The van der Waals surface area contributed by atoms with Gasteiger partial charge < -0.3 is 10.1 Å². The Labute approximate surface area is 96.9 Å². The number of carbonyl (C=O) groups excluding carboxylic acids is 1. The Balaban J connectivity index is 2.24. The molecule has 1 unspecified atom stereocenters. The van der Waals surface area contributed by atoms with Gasteiger partial charge in [-0.1, -0.05) is 28.9 Å². The van der Waals surface area contributed by atoms with E-state index in [1.54, 1.807) is 0 Å². The van der Waals surface area contributed by atoms with Crippen LogP contribution in [0.25, 0.3) is 0 Å². The number of ether oxygens (including phenoxy) is 1. The molecule has 3 nitrogen and oxygen atoms in total. The number of rotatable bonds is 2. The van der Waals surface area contributed by atoms with E-state index in [0.717, 1.165) is 17.9 Å². The van der Waals surface area contributed by atoms with Gasteiger partial charge >= 0.3 is 0 Å². The number of amides is 1. The van der Waals surface area contributed by atoms with Crippen LogP contribution in [0.4, 0.5) is 5.69 Å². The molecular weight excluding hydrogens is 258 g/mol. The van der Waals surface area contributed by atoms with Crippen LogP contribution in [0.2, 0.25) is 0 Å². The minimum Gasteiger partial charge on any atom is -0.482 e. The molecule has 1 aliphatic rings. The number of carbonyl (C=O) groups is 1. The highest BCUT2D eigenvalue weighted by Gasteiger charge is 2.15. The molecule has 0 aromatic heterocycles. The minimum absolute atomic E-state index is 0.0912. The SMILES string of the molecule is CC(Br)Cc1ccc2c(c1)NC(=O)CO2. The van der Waals surface area contributed by atoms with Crippen LogP contribution in [0, 0.1) is 0 Å². The first kappa shape index (κ1) is 10.5. The zero-order chi connectivity index (χ0) is 10.8. The topological polar surface area (TPSA) is 38.3 Å². The standard InChI is InChI=1S/C11H12BrNO2/c1-7(12)4-8-2-3-10-9(5-8)13-11(14)6-15-10/h2-3,5,7H,4,6H2,1H3,(H,13,14). The summed E-state index contributed by atoms with van der Waals surface area (Å²) in [5, 5.41) is 2.79. The number of anilines is 1. The first-order valence-electron chi connectivity index (χ1n) is 4.85. The molecule has 1 amide bonds. The highest BCUT2D eigenvalue weighted by Crippen LogP contribution is 2.29. The Morgan fingerprint density at radius 1 is 1.60 bits per heavy atom. The van der Waals surface area contributed by atoms with Crippen LogP contribution >= 0.6 is 15.9 Å². The van der Waals surface area contributed by atoms with Crippen molar-refractivity contribution in [3.8, 4) is 5.75 Å². The van der Waals surface area contributed by atoms with Crippen LogP contribution in [-0.4, -0.2) is 17.3 Å². The summed E-state index contributed by atoms with van der Waals surface area (Å²) in [6.45, 7) is 2.20. The number of fused-ring (bicyclic) bond motifs is 1. The van der Waals surface area contributed by atoms with Gasteiger partial charge in [-0.3, -0.25) is 4.79 Å². The number of nitrogens with one attached hydrogen (secondary N) is 1. The average molecular weight is 270 g/mol. The molecule has 15 heavy (non-hydrogen) atoms. The fraction of sp³-hybridized carbons (Fsp3) is 0.364. The van der Waals surface area contributed by atoms with Crippen LogP contribution in [0.15, 0.2) is 18.2 Å². The van der Waals surface area contributed by atoms with Gasteiger partial charge in [-0.15, -0.1) is 0 Å². The van der Waals surface area contributed by atoms with E-state index in [-0.39, 0.29) is 12.5 Å². The molecule has 1 heterocycles. The molecule has 0 fully saturated rings. The molecule has 0 aliphatic carbocycles. The van der Waals surface area contributed by atoms with Gasteiger partial charge in [0.05, 0.1) is 5.69 Å². The van der Waals surface area contributed by atoms with Gasteiger partial charge in [-0.2, -0.15) is 0 Å². The largest absolute Gasteiger partial charge is 0.482 e. The maximum Gasteiger partial charge on any atom is 0.262 e. The summed E-state index contributed by atoms with van der Waals surface area (Å²) in [6.07, 6.45) is 0.934. The first-order valence-corrected chi connectivity index (χ1v) is 5.76. The molecule has 4 heteroatoms. The van der Waals surface area contributed by atoms with Crippen molar-refractivity contribution in [1.29, 1.82) is 0 Å². The predicted molar refractivity (Wildman–Crippen MR) is 62.7 cm³/mol. The lowest BCUT2D eigenvalue weighted by Gasteiger charge is -2.18. The van der Waals surface area contributed by atoms with Gasteiger partial charge in [0.1, 0.15) is 5.75 Å². The fourth-order valence-electron chi connectivity index (χ4n) is 1.58. The Hall–Kier alpha value is -1.03. The van der Waals surface area contributed by atoms with Gasteiger partial charge in [-0.25, -0.2) is 0 Å². The lowest BCUT2D eigenvalue weighted by Crippen LogP contribution is -2.25. The molecule has 1 aliphatic heterocycles. The van der Waals surface area contributed by atoms with Gasteiger partial charge in [0.25, 0.3) is 5.91 Å². The van der Waals surface area contributed by atoms with Crippen molar-refractivity contribution in [2.24, 2.45) is 0 Å². The van der Waals surface area contributed by atoms with E-state index in [0.29, 0.717) is 4.83 Å². The molecule has 1 aromatic rings. The van der Waals surface area contributed by atoms with Crippen LogP contribution in [0.5, 0.6) is 5.75 Å². The summed E-state index contributed by atoms with van der Waals surface area (Å²) in [6, 6.07) is 5.89. The van der Waals surface area contributed by atoms with E-state index < -0.39 is 0 Å². The highest BCUT2D eigenvalue weighted by molar-refractivity contribution is 9.09. The second-order valence-corrected chi connectivity index (χ2v) is 5.22. The lowest BCUT2D eigenvalue weighted by atomic mass is 10.1. The molecule has 0 spiro atoms. The third kappa shape index (κ3) is 2.50. The van der Waals surface area contributed by atoms with E-state index in [2.05, 4.69) is 28.2 Å². The maximum atomic E-state index is 11.1. The smallest absolute Gasteiger partial charge is 0.262 e. The Morgan fingerprint density at radius 2 is 2.40 bits per heavy atom. The third-order valence-corrected chi connectivity index (χ3v) is 2.52. The number of hydrogen-bond donors (Lipinski definition) is 1. The Kier molecular flexibility index (Phi) is 2.95. The predicted octanol–water partition coefficient (Wildman–Crippen LogP) is 2.34. The zero-order valence-electron chi connectivity index (χ0n) is 8.42. The van der Waals surface area contributed by atoms with Crippen molar-refractivity contribution in [1.82, 2.24) is 0 Å². The van der Waals surface area contributed by atoms with Crippen molar-refractivity contribution in [3.05, 3.63) is 23.8 Å². The van der Waals surface area contributed by atoms with Gasteiger partial charge in [-0.05, 0) is 24.1 Å². The molecule has 80 valence electrons. The first-order chi connectivity index (χ1) is 7.15. The van der Waals surface area contributed by atoms with Crippen molar-refractivity contribution < 1.29 is 9.53 Å². The van der Waals surface area contributed by atoms with Gasteiger partial charge in [0.15, 0.2) is 6.61 Å². The second-order valence-electron chi connectivity index (χ2n) is 3.65. The number of hydrogen-bond acceptors (Lipinski definition) is 2. The summed E-state index contributed by atoms with van der Waals surface area (Å²) in [7, 11) is 0. The normalized spacial score (nSPS) is 16.3. The molecule has 1 atom stereocenters. The second kappa shape index (κ2) is 4.23. The third-order valence-electron chi connectivity index (χ3n) is 2.19. The van der Waals surface area contributed by atoms with E-state index in [9.17, 15) is 4.79 Å². The summed E-state index contributed by atoms with van der Waals surface area (Å²) in [5.74, 6) is 0.659. The summed E-state index contributed by atoms with van der Waals surface area (Å²) < 4.78 is 5.27. The van der Waals surface area contributed by atoms with E-state index >= 15 is 0 Å². The Morgan fingerprint density at radius 3 is 3.13 bits per heavy atom. The summed E-state index contributed by atoms with van der Waals surface area (Å²) in [5.41, 5.74) is 1.96. The molecule has 0 bridgehead atoms. The van der Waals surface area contributed by atoms with E-state index in [4.69, 9.17) is 4.74 Å². The lowest BCUT2D eigenvalue weighted by molar-refractivity contribution is -0.118. The molecule has 0 saturated carbocycles. The van der Waals surface area contributed by atoms with Gasteiger partial charge in [0, 0.05) is 4.83 Å². The van der Waals surface area contributed by atoms with Crippen LogP contribution in [-0.2, 0) is 11.2 Å². The quantitative estimate of drug-likeness (QED) is 0.838. The van der Waals surface area contributed by atoms with Crippen molar-refractivity contribution in [2.75, 3.05) is 11.9 Å². The van der Waals surface area contributed by atoms with Crippen LogP contribution in [0.1, 0.15) is 12.5 Å². The Bertz CT molecular complexity index is 390. The van der Waals surface area contributed by atoms with Crippen molar-refractivity contribution in [2.45, 2.75) is 18.2 Å². The highest BCUT2D eigenvalue weighted by atomic mass is 79.9. The summed E-state index contributed by atoms with van der Waals surface area (Å²) in [4.78, 5) is 11.5. The molecular formula is C11H12BrNO2. The van der Waals surface area contributed by atoms with Crippen molar-refractivity contribution >= 4 is 27.5 Å². The van der Waals surface area contributed by atoms with Crippen LogP contribution < -0.4 is 10.1 Å². The van der Waals surface area contributed by atoms with E-state index in [1.165, 1.54) is 5.56 Å². The molecule has 0 radical (unpaired) electrons.